The zero-order chi connectivity index (χ0) is 25.5. The van der Waals surface area contributed by atoms with Gasteiger partial charge in [0.1, 0.15) is 10.7 Å². The molecule has 8 nitrogen and oxygen atoms in total. The summed E-state index contributed by atoms with van der Waals surface area (Å²) >= 11 is 1.44. The summed E-state index contributed by atoms with van der Waals surface area (Å²) in [6.07, 6.45) is 0.429. The molecule has 0 saturated heterocycles. The summed E-state index contributed by atoms with van der Waals surface area (Å²) in [7, 11) is 3.18. The van der Waals surface area contributed by atoms with Crippen LogP contribution in [0.3, 0.4) is 0 Å². The number of H-pyrrole nitrogens is 1. The Morgan fingerprint density at radius 1 is 1.14 bits per heavy atom. The van der Waals surface area contributed by atoms with Gasteiger partial charge in [-0.1, -0.05) is 19.9 Å². The van der Waals surface area contributed by atoms with Gasteiger partial charge >= 0.3 is 0 Å². The van der Waals surface area contributed by atoms with Gasteiger partial charge in [-0.15, -0.1) is 11.3 Å². The molecule has 0 aliphatic rings. The lowest BCUT2D eigenvalue weighted by atomic mass is 10.1. The molecule has 2 aromatic heterocycles. The second-order valence-electron chi connectivity index (χ2n) is 9.37. The van der Waals surface area contributed by atoms with Gasteiger partial charge in [0, 0.05) is 17.5 Å². The van der Waals surface area contributed by atoms with E-state index in [2.05, 4.69) is 23.7 Å². The van der Waals surface area contributed by atoms with Crippen LogP contribution in [0.4, 0.5) is 0 Å². The van der Waals surface area contributed by atoms with E-state index in [1.165, 1.54) is 11.3 Å². The number of rotatable bonds is 13. The molecule has 1 unspecified atom stereocenters. The fourth-order valence-corrected chi connectivity index (χ4v) is 4.79. The van der Waals surface area contributed by atoms with Crippen LogP contribution < -0.4 is 15.0 Å². The van der Waals surface area contributed by atoms with Gasteiger partial charge in [0.25, 0.3) is 5.56 Å². The molecule has 35 heavy (non-hydrogen) atoms. The average molecular weight is 504 g/mol. The van der Waals surface area contributed by atoms with Gasteiger partial charge in [-0.2, -0.15) is 0 Å². The van der Waals surface area contributed by atoms with Crippen LogP contribution in [0, 0.1) is 5.92 Å². The molecule has 0 spiro atoms. The first-order valence-corrected chi connectivity index (χ1v) is 12.8. The van der Waals surface area contributed by atoms with Crippen molar-refractivity contribution < 1.29 is 19.3 Å². The largest absolute Gasteiger partial charge is 0.493 e. The van der Waals surface area contributed by atoms with E-state index in [-0.39, 0.29) is 18.3 Å². The summed E-state index contributed by atoms with van der Waals surface area (Å²) in [4.78, 5) is 23.7. The van der Waals surface area contributed by atoms with E-state index < -0.39 is 6.10 Å². The molecule has 0 amide bonds. The van der Waals surface area contributed by atoms with Crippen molar-refractivity contribution in [2.45, 2.75) is 52.9 Å². The number of aromatic amines is 1. The molecule has 3 rings (SSSR count). The number of aromatic nitrogens is 2. The summed E-state index contributed by atoms with van der Waals surface area (Å²) in [5, 5.41) is 13.0. The molecule has 0 radical (unpaired) electrons. The Morgan fingerprint density at radius 2 is 1.89 bits per heavy atom. The maximum Gasteiger partial charge on any atom is 0.260 e. The van der Waals surface area contributed by atoms with Crippen molar-refractivity contribution in [3.63, 3.8) is 0 Å². The minimum Gasteiger partial charge on any atom is -0.493 e. The molecule has 2 heterocycles. The first-order valence-electron chi connectivity index (χ1n) is 12.0. The topological polar surface area (TPSA) is 96.9 Å². The highest BCUT2D eigenvalue weighted by molar-refractivity contribution is 7.17. The van der Waals surface area contributed by atoms with Crippen LogP contribution in [0.2, 0.25) is 0 Å². The minimum absolute atomic E-state index is 0.0629. The SMILES string of the molecule is COc1ccc(-c2csc3nc(CN(CCC(C)C)CC(O)COC(C)C)[nH]c(=O)c23)cc1OC. The van der Waals surface area contributed by atoms with E-state index >= 15 is 0 Å². The van der Waals surface area contributed by atoms with E-state index in [0.717, 1.165) is 24.1 Å². The fourth-order valence-electron chi connectivity index (χ4n) is 3.83. The molecule has 9 heteroatoms. The van der Waals surface area contributed by atoms with Crippen molar-refractivity contribution in [2.75, 3.05) is 33.9 Å². The number of fused-ring (bicyclic) bond motifs is 1. The van der Waals surface area contributed by atoms with Crippen molar-refractivity contribution in [2.24, 2.45) is 5.92 Å². The third kappa shape index (κ3) is 7.27. The number of thiophene rings is 1. The molecule has 192 valence electrons. The predicted octanol–water partition coefficient (Wildman–Crippen LogP) is 4.30. The van der Waals surface area contributed by atoms with Crippen molar-refractivity contribution in [1.29, 1.82) is 0 Å². The van der Waals surface area contributed by atoms with Crippen LogP contribution in [-0.2, 0) is 11.3 Å². The lowest BCUT2D eigenvalue weighted by molar-refractivity contribution is -0.0103. The molecule has 1 atom stereocenters. The molecule has 0 aliphatic heterocycles. The van der Waals surface area contributed by atoms with E-state index in [4.69, 9.17) is 19.2 Å². The Labute approximate surface area is 210 Å². The number of hydrogen-bond acceptors (Lipinski definition) is 8. The molecule has 0 fully saturated rings. The molecule has 0 saturated carbocycles. The van der Waals surface area contributed by atoms with Gasteiger partial charge in [0.05, 0.1) is 45.0 Å². The first kappa shape index (κ1) is 27.1. The Kier molecular flexibility index (Phi) is 9.68. The standard InChI is InChI=1S/C26H37N3O5S/c1-16(2)9-10-29(12-19(30)14-34-17(3)4)13-23-27-25(31)24-20(15-35-26(24)28-23)18-7-8-21(32-5)22(11-18)33-6/h7-8,11,15-17,19,30H,9-10,12-14H2,1-6H3,(H,27,28,31). The molecular formula is C26H37N3O5S. The number of ether oxygens (including phenoxy) is 3. The highest BCUT2D eigenvalue weighted by Gasteiger charge is 2.18. The summed E-state index contributed by atoms with van der Waals surface area (Å²) in [6.45, 7) is 10.2. The van der Waals surface area contributed by atoms with E-state index in [0.29, 0.717) is 46.5 Å². The monoisotopic (exact) mass is 503 g/mol. The summed E-state index contributed by atoms with van der Waals surface area (Å²) in [6, 6.07) is 5.60. The highest BCUT2D eigenvalue weighted by Crippen LogP contribution is 2.36. The maximum absolute atomic E-state index is 13.1. The number of hydrogen-bond donors (Lipinski definition) is 2. The summed E-state index contributed by atoms with van der Waals surface area (Å²) in [5.74, 6) is 2.35. The van der Waals surface area contributed by atoms with Crippen molar-refractivity contribution in [3.05, 3.63) is 39.8 Å². The fraction of sp³-hybridized carbons (Fsp3) is 0.538. The highest BCUT2D eigenvalue weighted by atomic mass is 32.1. The van der Waals surface area contributed by atoms with Crippen LogP contribution in [0.5, 0.6) is 11.5 Å². The lowest BCUT2D eigenvalue weighted by Gasteiger charge is -2.25. The van der Waals surface area contributed by atoms with E-state index in [9.17, 15) is 9.90 Å². The average Bonchev–Trinajstić information content (AvgIpc) is 3.25. The Balaban J connectivity index is 1.85. The van der Waals surface area contributed by atoms with Gasteiger partial charge in [-0.3, -0.25) is 9.69 Å². The van der Waals surface area contributed by atoms with Gasteiger partial charge in [0.2, 0.25) is 0 Å². The van der Waals surface area contributed by atoms with Crippen molar-refractivity contribution in [1.82, 2.24) is 14.9 Å². The Hall–Kier alpha value is -2.46. The predicted molar refractivity (Wildman–Crippen MR) is 141 cm³/mol. The second kappa shape index (κ2) is 12.5. The first-order chi connectivity index (χ1) is 16.7. The number of nitrogens with one attached hydrogen (secondary N) is 1. The summed E-state index contributed by atoms with van der Waals surface area (Å²) < 4.78 is 16.3. The maximum atomic E-state index is 13.1. The Bertz CT molecular complexity index is 1160. The van der Waals surface area contributed by atoms with Crippen LogP contribution in [-0.4, -0.2) is 66.1 Å². The van der Waals surface area contributed by atoms with E-state index in [1.807, 2.05) is 37.4 Å². The summed E-state index contributed by atoms with van der Waals surface area (Å²) in [5.41, 5.74) is 1.49. The molecule has 1 aromatic carbocycles. The molecule has 0 bridgehead atoms. The number of benzene rings is 1. The van der Waals surface area contributed by atoms with Gasteiger partial charge in [0.15, 0.2) is 11.5 Å². The van der Waals surface area contributed by atoms with Crippen molar-refractivity contribution in [3.8, 4) is 22.6 Å². The number of nitrogens with zero attached hydrogens (tertiary/aromatic N) is 2. The number of methoxy groups -OCH3 is 2. The number of aliphatic hydroxyl groups excluding tert-OH is 1. The van der Waals surface area contributed by atoms with Crippen LogP contribution in [0.15, 0.2) is 28.4 Å². The van der Waals surface area contributed by atoms with Crippen molar-refractivity contribution >= 4 is 21.6 Å². The van der Waals surface area contributed by atoms with Gasteiger partial charge in [-0.25, -0.2) is 4.98 Å². The van der Waals surface area contributed by atoms with Gasteiger partial charge < -0.3 is 24.3 Å². The molecule has 0 aliphatic carbocycles. The second-order valence-corrected chi connectivity index (χ2v) is 10.2. The zero-order valence-corrected chi connectivity index (χ0v) is 22.3. The molecular weight excluding hydrogens is 466 g/mol. The van der Waals surface area contributed by atoms with Gasteiger partial charge in [-0.05, 0) is 50.4 Å². The normalized spacial score (nSPS) is 12.7. The van der Waals surface area contributed by atoms with E-state index in [1.54, 1.807) is 14.2 Å². The lowest BCUT2D eigenvalue weighted by Crippen LogP contribution is -2.37. The Morgan fingerprint density at radius 3 is 2.54 bits per heavy atom. The van der Waals surface area contributed by atoms with Crippen LogP contribution in [0.25, 0.3) is 21.3 Å². The number of aliphatic hydroxyl groups is 1. The zero-order valence-electron chi connectivity index (χ0n) is 21.5. The van der Waals surface area contributed by atoms with Crippen LogP contribution >= 0.6 is 11.3 Å². The molecule has 2 N–H and O–H groups in total. The smallest absolute Gasteiger partial charge is 0.260 e. The third-order valence-electron chi connectivity index (χ3n) is 5.67. The quantitative estimate of drug-likeness (QED) is 0.359. The molecule has 3 aromatic rings. The third-order valence-corrected chi connectivity index (χ3v) is 6.55. The van der Waals surface area contributed by atoms with Crippen LogP contribution in [0.1, 0.15) is 39.9 Å². The minimum atomic E-state index is -0.613.